The Morgan fingerprint density at radius 2 is 1.62 bits per heavy atom. The van der Waals surface area contributed by atoms with Crippen molar-refractivity contribution in [1.29, 1.82) is 0 Å². The lowest BCUT2D eigenvalue weighted by atomic mass is 9.94. The number of imide groups is 1. The lowest BCUT2D eigenvalue weighted by molar-refractivity contribution is -0.116. The van der Waals surface area contributed by atoms with Crippen molar-refractivity contribution < 1.29 is 14.4 Å². The summed E-state index contributed by atoms with van der Waals surface area (Å²) >= 11 is 0. The van der Waals surface area contributed by atoms with E-state index in [9.17, 15) is 14.4 Å². The topological polar surface area (TPSA) is 82.6 Å². The van der Waals surface area contributed by atoms with Gasteiger partial charge in [-0.3, -0.25) is 19.3 Å². The predicted molar refractivity (Wildman–Crippen MR) is 123 cm³/mol. The quantitative estimate of drug-likeness (QED) is 0.603. The Kier molecular flexibility index (Phi) is 5.31. The molecule has 0 radical (unpaired) electrons. The molecule has 0 bridgehead atoms. The molecule has 32 heavy (non-hydrogen) atoms. The van der Waals surface area contributed by atoms with Crippen molar-refractivity contribution in [3.8, 4) is 0 Å². The molecule has 7 nitrogen and oxygen atoms in total. The number of hydrogen-bond donors (Lipinski definition) is 1. The molecule has 3 heterocycles. The van der Waals surface area contributed by atoms with Gasteiger partial charge in [-0.15, -0.1) is 0 Å². The molecule has 2 aromatic carbocycles. The van der Waals surface area contributed by atoms with E-state index in [4.69, 9.17) is 0 Å². The highest BCUT2D eigenvalue weighted by atomic mass is 16.2. The van der Waals surface area contributed by atoms with E-state index in [0.29, 0.717) is 28.6 Å². The van der Waals surface area contributed by atoms with Gasteiger partial charge in [0.1, 0.15) is 5.82 Å². The summed E-state index contributed by atoms with van der Waals surface area (Å²) in [6.45, 7) is 2.24. The summed E-state index contributed by atoms with van der Waals surface area (Å²) in [7, 11) is 0. The predicted octanol–water partition coefficient (Wildman–Crippen LogP) is 3.85. The highest BCUT2D eigenvalue weighted by Gasteiger charge is 2.32. The number of carbonyl (C=O) groups is 3. The maximum Gasteiger partial charge on any atom is 0.261 e. The highest BCUT2D eigenvalue weighted by molar-refractivity contribution is 6.25. The zero-order chi connectivity index (χ0) is 22.1. The molecule has 1 fully saturated rings. The summed E-state index contributed by atoms with van der Waals surface area (Å²) in [6.07, 6.45) is 4.63. The Morgan fingerprint density at radius 3 is 2.25 bits per heavy atom. The maximum absolute atomic E-state index is 12.9. The number of hydrogen-bond acceptors (Lipinski definition) is 5. The molecular formula is C25H24N4O3. The van der Waals surface area contributed by atoms with Crippen LogP contribution in [0, 0.1) is 0 Å². The highest BCUT2D eigenvalue weighted by Crippen LogP contribution is 2.30. The van der Waals surface area contributed by atoms with Crippen molar-refractivity contribution in [2.75, 3.05) is 29.9 Å². The van der Waals surface area contributed by atoms with Crippen LogP contribution in [0.4, 0.5) is 11.5 Å². The van der Waals surface area contributed by atoms with Gasteiger partial charge in [-0.2, -0.15) is 0 Å². The van der Waals surface area contributed by atoms with Gasteiger partial charge < -0.3 is 10.2 Å². The van der Waals surface area contributed by atoms with E-state index in [2.05, 4.69) is 15.2 Å². The molecule has 0 unspecified atom stereocenters. The van der Waals surface area contributed by atoms with Crippen LogP contribution in [-0.4, -0.2) is 47.2 Å². The second-order valence-electron chi connectivity index (χ2n) is 8.22. The summed E-state index contributed by atoms with van der Waals surface area (Å²) in [4.78, 5) is 46.1. The molecule has 1 N–H and O–H groups in total. The van der Waals surface area contributed by atoms with Crippen LogP contribution >= 0.6 is 0 Å². The van der Waals surface area contributed by atoms with Crippen LogP contribution < -0.4 is 10.2 Å². The standard InChI is InChI=1S/C25H24N4O3/c30-22(27-18-11-12-21(26-16-18)28-13-1-2-14-28)10-5-15-29-24(31)19-8-3-6-17-7-4-9-20(23(17)19)25(29)32/h3-4,6-9,11-12,16H,1-2,5,10,13-15H2,(H,27,30). The fourth-order valence-electron chi connectivity index (χ4n) is 4.50. The van der Waals surface area contributed by atoms with Gasteiger partial charge in [-0.05, 0) is 48.9 Å². The van der Waals surface area contributed by atoms with E-state index in [1.54, 1.807) is 18.3 Å². The molecule has 0 aliphatic carbocycles. The molecule has 1 aromatic heterocycles. The number of pyridine rings is 1. The van der Waals surface area contributed by atoms with Crippen molar-refractivity contribution in [2.45, 2.75) is 25.7 Å². The molecule has 162 valence electrons. The summed E-state index contributed by atoms with van der Waals surface area (Å²) in [5.41, 5.74) is 1.71. The summed E-state index contributed by atoms with van der Waals surface area (Å²) < 4.78 is 0. The Labute approximate surface area is 186 Å². The zero-order valence-electron chi connectivity index (χ0n) is 17.7. The third kappa shape index (κ3) is 3.70. The number of rotatable bonds is 6. The minimum atomic E-state index is -0.304. The largest absolute Gasteiger partial charge is 0.357 e. The van der Waals surface area contributed by atoms with Crippen LogP contribution in [0.1, 0.15) is 46.4 Å². The van der Waals surface area contributed by atoms with Crippen LogP contribution in [0.25, 0.3) is 10.8 Å². The van der Waals surface area contributed by atoms with Crippen molar-refractivity contribution in [3.05, 3.63) is 65.9 Å². The normalized spacial score (nSPS) is 15.5. The van der Waals surface area contributed by atoms with E-state index in [1.165, 1.54) is 17.7 Å². The van der Waals surface area contributed by atoms with Crippen LogP contribution in [0.5, 0.6) is 0 Å². The van der Waals surface area contributed by atoms with Crippen LogP contribution in [0.2, 0.25) is 0 Å². The van der Waals surface area contributed by atoms with Crippen molar-refractivity contribution in [3.63, 3.8) is 0 Å². The van der Waals surface area contributed by atoms with Gasteiger partial charge in [-0.1, -0.05) is 24.3 Å². The lowest BCUT2D eigenvalue weighted by Gasteiger charge is -2.27. The maximum atomic E-state index is 12.9. The van der Waals surface area contributed by atoms with E-state index >= 15 is 0 Å². The van der Waals surface area contributed by atoms with Gasteiger partial charge in [0.15, 0.2) is 0 Å². The SMILES string of the molecule is O=C(CCCN1C(=O)c2cccc3cccc(c23)C1=O)Nc1ccc(N2CCCC2)nc1. The number of amides is 3. The number of nitrogens with zero attached hydrogens (tertiary/aromatic N) is 3. The molecule has 0 spiro atoms. The van der Waals surface area contributed by atoms with E-state index in [-0.39, 0.29) is 30.7 Å². The smallest absolute Gasteiger partial charge is 0.261 e. The second kappa shape index (κ2) is 8.42. The first-order valence-electron chi connectivity index (χ1n) is 11.0. The number of aromatic nitrogens is 1. The second-order valence-corrected chi connectivity index (χ2v) is 8.22. The Balaban J connectivity index is 1.19. The summed E-state index contributed by atoms with van der Waals surface area (Å²) in [6, 6.07) is 14.7. The number of anilines is 2. The van der Waals surface area contributed by atoms with Gasteiger partial charge in [-0.25, -0.2) is 4.98 Å². The molecule has 2 aliphatic rings. The van der Waals surface area contributed by atoms with Gasteiger partial charge >= 0.3 is 0 Å². The third-order valence-corrected chi connectivity index (χ3v) is 6.10. The molecule has 0 saturated carbocycles. The molecule has 3 amide bonds. The van der Waals surface area contributed by atoms with Crippen molar-refractivity contribution in [1.82, 2.24) is 9.88 Å². The molecule has 7 heteroatoms. The number of carbonyl (C=O) groups excluding carboxylic acids is 3. The van der Waals surface area contributed by atoms with E-state index in [1.807, 2.05) is 36.4 Å². The Hall–Kier alpha value is -3.74. The van der Waals surface area contributed by atoms with Crippen LogP contribution in [0.3, 0.4) is 0 Å². The van der Waals surface area contributed by atoms with E-state index in [0.717, 1.165) is 24.3 Å². The molecule has 0 atom stereocenters. The number of nitrogens with one attached hydrogen (secondary N) is 1. The van der Waals surface area contributed by atoms with Crippen molar-refractivity contribution >= 4 is 40.0 Å². The molecule has 2 aliphatic heterocycles. The molecule has 1 saturated heterocycles. The van der Waals surface area contributed by atoms with Gasteiger partial charge in [0.05, 0.1) is 11.9 Å². The number of benzene rings is 2. The molecule has 3 aromatic rings. The summed E-state index contributed by atoms with van der Waals surface area (Å²) in [5, 5.41) is 4.43. The van der Waals surface area contributed by atoms with Crippen molar-refractivity contribution in [2.24, 2.45) is 0 Å². The monoisotopic (exact) mass is 428 g/mol. The zero-order valence-corrected chi connectivity index (χ0v) is 17.7. The summed E-state index contributed by atoms with van der Waals surface area (Å²) in [5.74, 6) is 0.154. The molecular weight excluding hydrogens is 404 g/mol. The minimum absolute atomic E-state index is 0.167. The van der Waals surface area contributed by atoms with Gasteiger partial charge in [0.2, 0.25) is 5.91 Å². The third-order valence-electron chi connectivity index (χ3n) is 6.10. The average molecular weight is 428 g/mol. The lowest BCUT2D eigenvalue weighted by Crippen LogP contribution is -2.41. The van der Waals surface area contributed by atoms with Gasteiger partial charge in [0.25, 0.3) is 11.8 Å². The fraction of sp³-hybridized carbons (Fsp3) is 0.280. The van der Waals surface area contributed by atoms with Gasteiger partial charge in [0, 0.05) is 42.6 Å². The first-order valence-corrected chi connectivity index (χ1v) is 11.0. The fourth-order valence-corrected chi connectivity index (χ4v) is 4.50. The average Bonchev–Trinajstić information content (AvgIpc) is 3.35. The Morgan fingerprint density at radius 1 is 0.938 bits per heavy atom. The van der Waals surface area contributed by atoms with Crippen LogP contribution in [0.15, 0.2) is 54.7 Å². The Bertz CT molecular complexity index is 1150. The first kappa shape index (κ1) is 20.2. The van der Waals surface area contributed by atoms with E-state index < -0.39 is 0 Å². The van der Waals surface area contributed by atoms with Crippen LogP contribution in [-0.2, 0) is 4.79 Å². The first-order chi connectivity index (χ1) is 15.6. The molecule has 5 rings (SSSR count). The minimum Gasteiger partial charge on any atom is -0.357 e.